The molecule has 4 heteroatoms. The van der Waals surface area contributed by atoms with Crippen molar-refractivity contribution in [1.82, 2.24) is 5.32 Å². The topological polar surface area (TPSA) is 41.1 Å². The standard InChI is InChI=1S/C17H19ClN2O/c1-13-4-2-3-5-14(13)12-19-11-10-17(21)20-16-8-6-15(18)7-9-16/h2-9,19H,10-12H2,1H3,(H,20,21). The summed E-state index contributed by atoms with van der Waals surface area (Å²) in [5, 5.41) is 6.79. The third kappa shape index (κ3) is 5.21. The number of hydrogen-bond acceptors (Lipinski definition) is 2. The van der Waals surface area contributed by atoms with Gasteiger partial charge in [-0.1, -0.05) is 35.9 Å². The maximum absolute atomic E-state index is 11.8. The van der Waals surface area contributed by atoms with Gasteiger partial charge in [0.2, 0.25) is 5.91 Å². The van der Waals surface area contributed by atoms with Gasteiger partial charge in [0.1, 0.15) is 0 Å². The van der Waals surface area contributed by atoms with E-state index in [0.717, 1.165) is 12.2 Å². The van der Waals surface area contributed by atoms with Gasteiger partial charge in [0, 0.05) is 30.2 Å². The van der Waals surface area contributed by atoms with Crippen molar-refractivity contribution in [3.8, 4) is 0 Å². The predicted molar refractivity (Wildman–Crippen MR) is 87.6 cm³/mol. The molecule has 0 aromatic heterocycles. The van der Waals surface area contributed by atoms with Gasteiger partial charge in [-0.2, -0.15) is 0 Å². The first kappa shape index (κ1) is 15.5. The highest BCUT2D eigenvalue weighted by atomic mass is 35.5. The second-order valence-corrected chi connectivity index (χ2v) is 5.34. The van der Waals surface area contributed by atoms with E-state index in [9.17, 15) is 4.79 Å². The van der Waals surface area contributed by atoms with Crippen LogP contribution in [0.25, 0.3) is 0 Å². The van der Waals surface area contributed by atoms with E-state index in [4.69, 9.17) is 11.6 Å². The fourth-order valence-electron chi connectivity index (χ4n) is 1.99. The van der Waals surface area contributed by atoms with E-state index in [-0.39, 0.29) is 5.91 Å². The number of rotatable bonds is 6. The average Bonchev–Trinajstić information content (AvgIpc) is 2.48. The van der Waals surface area contributed by atoms with Crippen molar-refractivity contribution < 1.29 is 4.79 Å². The smallest absolute Gasteiger partial charge is 0.225 e. The van der Waals surface area contributed by atoms with Crippen molar-refractivity contribution in [3.63, 3.8) is 0 Å². The lowest BCUT2D eigenvalue weighted by molar-refractivity contribution is -0.116. The lowest BCUT2D eigenvalue weighted by Gasteiger charge is -2.08. The summed E-state index contributed by atoms with van der Waals surface area (Å²) in [5.74, 6) is -0.00499. The van der Waals surface area contributed by atoms with Crippen LogP contribution in [0.15, 0.2) is 48.5 Å². The van der Waals surface area contributed by atoms with Gasteiger partial charge < -0.3 is 10.6 Å². The van der Waals surface area contributed by atoms with E-state index in [1.54, 1.807) is 24.3 Å². The Bertz CT molecular complexity index is 596. The summed E-state index contributed by atoms with van der Waals surface area (Å²) in [7, 11) is 0. The van der Waals surface area contributed by atoms with Crippen molar-refractivity contribution in [2.45, 2.75) is 19.9 Å². The number of amides is 1. The molecule has 0 saturated carbocycles. The highest BCUT2D eigenvalue weighted by molar-refractivity contribution is 6.30. The van der Waals surface area contributed by atoms with E-state index >= 15 is 0 Å². The molecule has 2 rings (SSSR count). The molecule has 3 nitrogen and oxygen atoms in total. The molecule has 0 saturated heterocycles. The lowest BCUT2D eigenvalue weighted by Crippen LogP contribution is -2.21. The van der Waals surface area contributed by atoms with Gasteiger partial charge in [-0.05, 0) is 42.3 Å². The molecule has 0 aliphatic rings. The van der Waals surface area contributed by atoms with Gasteiger partial charge >= 0.3 is 0 Å². The van der Waals surface area contributed by atoms with E-state index in [1.807, 2.05) is 12.1 Å². The Labute approximate surface area is 130 Å². The van der Waals surface area contributed by atoms with Crippen LogP contribution >= 0.6 is 11.6 Å². The van der Waals surface area contributed by atoms with Crippen LogP contribution < -0.4 is 10.6 Å². The first-order valence-corrected chi connectivity index (χ1v) is 7.33. The van der Waals surface area contributed by atoms with Gasteiger partial charge in [-0.3, -0.25) is 4.79 Å². The summed E-state index contributed by atoms with van der Waals surface area (Å²) in [6.07, 6.45) is 0.439. The third-order valence-electron chi connectivity index (χ3n) is 3.23. The van der Waals surface area contributed by atoms with Crippen molar-refractivity contribution in [2.24, 2.45) is 0 Å². The molecule has 0 unspecified atom stereocenters. The first-order chi connectivity index (χ1) is 10.1. The Kier molecular flexibility index (Phi) is 5.78. The summed E-state index contributed by atoms with van der Waals surface area (Å²) >= 11 is 5.80. The van der Waals surface area contributed by atoms with Gasteiger partial charge in [0.25, 0.3) is 0 Å². The zero-order chi connectivity index (χ0) is 15.1. The zero-order valence-corrected chi connectivity index (χ0v) is 12.8. The molecular formula is C17H19ClN2O. The molecule has 2 aromatic carbocycles. The van der Waals surface area contributed by atoms with Crippen LogP contribution in [0, 0.1) is 6.92 Å². The largest absolute Gasteiger partial charge is 0.326 e. The molecule has 110 valence electrons. The Hall–Kier alpha value is -1.84. The predicted octanol–water partition coefficient (Wildman–Crippen LogP) is 3.77. The normalized spacial score (nSPS) is 10.4. The first-order valence-electron chi connectivity index (χ1n) is 6.96. The van der Waals surface area contributed by atoms with Crippen molar-refractivity contribution in [3.05, 3.63) is 64.7 Å². The highest BCUT2D eigenvalue weighted by Crippen LogP contribution is 2.13. The maximum Gasteiger partial charge on any atom is 0.225 e. The number of benzene rings is 2. The molecule has 0 spiro atoms. The highest BCUT2D eigenvalue weighted by Gasteiger charge is 2.02. The number of anilines is 1. The molecule has 1 amide bonds. The third-order valence-corrected chi connectivity index (χ3v) is 3.49. The zero-order valence-electron chi connectivity index (χ0n) is 12.0. The van der Waals surface area contributed by atoms with E-state index in [1.165, 1.54) is 11.1 Å². The molecule has 0 heterocycles. The number of aryl methyl sites for hydroxylation is 1. The van der Waals surface area contributed by atoms with Gasteiger partial charge in [-0.15, -0.1) is 0 Å². The van der Waals surface area contributed by atoms with Crippen LogP contribution in [0.4, 0.5) is 5.69 Å². The van der Waals surface area contributed by atoms with Crippen LogP contribution in [0.1, 0.15) is 17.5 Å². The minimum absolute atomic E-state index is 0.00499. The van der Waals surface area contributed by atoms with Crippen LogP contribution in [-0.2, 0) is 11.3 Å². The maximum atomic E-state index is 11.8. The number of halogens is 1. The molecular weight excluding hydrogens is 284 g/mol. The summed E-state index contributed by atoms with van der Waals surface area (Å²) in [5.41, 5.74) is 3.29. The number of hydrogen-bond donors (Lipinski definition) is 2. The minimum Gasteiger partial charge on any atom is -0.326 e. The molecule has 0 aliphatic heterocycles. The fraction of sp³-hybridized carbons (Fsp3) is 0.235. The second-order valence-electron chi connectivity index (χ2n) is 4.91. The summed E-state index contributed by atoms with van der Waals surface area (Å²) in [6, 6.07) is 15.3. The number of nitrogens with one attached hydrogen (secondary N) is 2. The van der Waals surface area contributed by atoms with Crippen LogP contribution in [0.5, 0.6) is 0 Å². The van der Waals surface area contributed by atoms with Gasteiger partial charge in [0.05, 0.1) is 0 Å². The molecule has 0 fully saturated rings. The monoisotopic (exact) mass is 302 g/mol. The summed E-state index contributed by atoms with van der Waals surface area (Å²) in [6.45, 7) is 3.51. The summed E-state index contributed by atoms with van der Waals surface area (Å²) < 4.78 is 0. The minimum atomic E-state index is -0.00499. The van der Waals surface area contributed by atoms with Crippen molar-refractivity contribution >= 4 is 23.2 Å². The Balaban J connectivity index is 1.70. The van der Waals surface area contributed by atoms with Crippen molar-refractivity contribution in [2.75, 3.05) is 11.9 Å². The molecule has 0 bridgehead atoms. The number of carbonyl (C=O) groups excluding carboxylic acids is 1. The molecule has 0 aliphatic carbocycles. The molecule has 21 heavy (non-hydrogen) atoms. The fourth-order valence-corrected chi connectivity index (χ4v) is 2.12. The average molecular weight is 303 g/mol. The quantitative estimate of drug-likeness (QED) is 0.798. The van der Waals surface area contributed by atoms with E-state index in [2.05, 4.69) is 29.7 Å². The SMILES string of the molecule is Cc1ccccc1CNCCC(=O)Nc1ccc(Cl)cc1. The second kappa shape index (κ2) is 7.81. The molecule has 2 aromatic rings. The van der Waals surface area contributed by atoms with Crippen LogP contribution in [0.2, 0.25) is 5.02 Å². The van der Waals surface area contributed by atoms with Crippen LogP contribution in [0.3, 0.4) is 0 Å². The van der Waals surface area contributed by atoms with Crippen LogP contribution in [-0.4, -0.2) is 12.5 Å². The molecule has 2 N–H and O–H groups in total. The Morgan fingerprint density at radius 1 is 1.10 bits per heavy atom. The summed E-state index contributed by atoms with van der Waals surface area (Å²) in [4.78, 5) is 11.8. The number of carbonyl (C=O) groups is 1. The molecule has 0 radical (unpaired) electrons. The van der Waals surface area contributed by atoms with Crippen molar-refractivity contribution in [1.29, 1.82) is 0 Å². The lowest BCUT2D eigenvalue weighted by atomic mass is 10.1. The Morgan fingerprint density at radius 3 is 2.52 bits per heavy atom. The van der Waals surface area contributed by atoms with Gasteiger partial charge in [0.15, 0.2) is 0 Å². The van der Waals surface area contributed by atoms with E-state index in [0.29, 0.717) is 18.0 Å². The van der Waals surface area contributed by atoms with E-state index < -0.39 is 0 Å². The molecule has 0 atom stereocenters. The van der Waals surface area contributed by atoms with Gasteiger partial charge in [-0.25, -0.2) is 0 Å². The Morgan fingerprint density at radius 2 is 1.81 bits per heavy atom.